The number of anilines is 1. The second-order valence-electron chi connectivity index (χ2n) is 10.8. The van der Waals surface area contributed by atoms with Gasteiger partial charge in [-0.25, -0.2) is 4.39 Å². The minimum Gasteiger partial charge on any atom is -0.385 e. The normalized spacial score (nSPS) is 17.9. The topological polar surface area (TPSA) is 70.4 Å². The molecule has 0 radical (unpaired) electrons. The molecule has 0 unspecified atom stereocenters. The van der Waals surface area contributed by atoms with E-state index < -0.39 is 6.04 Å². The number of aryl methyl sites for hydroxylation is 3. The number of carbonyl (C=O) groups excluding carboxylic acids is 1. The standard InChI is InChI=1S/C31H37FN4O/c1-19-12-20(2)26(21(3)13-19)16-28(33)31(37)35-30-8-10-34-29-7-4-22(14-27(29)30)17-36-11-9-23-5-6-25(32)15-24(23)18-36/h4-7,12-15,28,30,34H,8-11,16-18,33H2,1-3H3,(H,35,37)/t28-,30+/m0/s1. The van der Waals surface area contributed by atoms with Gasteiger partial charge in [-0.3, -0.25) is 9.69 Å². The van der Waals surface area contributed by atoms with E-state index in [1.807, 2.05) is 6.07 Å². The van der Waals surface area contributed by atoms with Crippen molar-refractivity contribution in [3.05, 3.63) is 98.9 Å². The molecule has 194 valence electrons. The predicted octanol–water partition coefficient (Wildman–Crippen LogP) is 4.85. The fourth-order valence-corrected chi connectivity index (χ4v) is 5.92. The highest BCUT2D eigenvalue weighted by Gasteiger charge is 2.26. The van der Waals surface area contributed by atoms with Crippen LogP contribution in [0.3, 0.4) is 0 Å². The Morgan fingerprint density at radius 3 is 2.68 bits per heavy atom. The van der Waals surface area contributed by atoms with Gasteiger partial charge in [-0.2, -0.15) is 0 Å². The van der Waals surface area contributed by atoms with Gasteiger partial charge >= 0.3 is 0 Å². The number of nitrogens with zero attached hydrogens (tertiary/aromatic N) is 1. The number of benzene rings is 3. The molecule has 6 heteroatoms. The number of nitrogens with one attached hydrogen (secondary N) is 2. The summed E-state index contributed by atoms with van der Waals surface area (Å²) in [7, 11) is 0. The van der Waals surface area contributed by atoms with Crippen molar-refractivity contribution in [3.8, 4) is 0 Å². The van der Waals surface area contributed by atoms with Crippen LogP contribution >= 0.6 is 0 Å². The van der Waals surface area contributed by atoms with Gasteiger partial charge in [0.15, 0.2) is 0 Å². The molecule has 0 fully saturated rings. The van der Waals surface area contributed by atoms with E-state index in [0.29, 0.717) is 6.42 Å². The van der Waals surface area contributed by atoms with Crippen LogP contribution in [-0.2, 0) is 30.7 Å². The van der Waals surface area contributed by atoms with Gasteiger partial charge in [0, 0.05) is 31.9 Å². The molecule has 3 aromatic rings. The molecule has 0 bridgehead atoms. The maximum absolute atomic E-state index is 13.7. The van der Waals surface area contributed by atoms with Gasteiger partial charge < -0.3 is 16.4 Å². The van der Waals surface area contributed by atoms with Crippen LogP contribution in [0.15, 0.2) is 48.5 Å². The van der Waals surface area contributed by atoms with E-state index in [-0.39, 0.29) is 17.8 Å². The highest BCUT2D eigenvalue weighted by molar-refractivity contribution is 5.82. The molecular formula is C31H37FN4O. The summed E-state index contributed by atoms with van der Waals surface area (Å²) in [5.74, 6) is -0.290. The van der Waals surface area contributed by atoms with E-state index >= 15 is 0 Å². The smallest absolute Gasteiger partial charge is 0.237 e. The molecule has 4 N–H and O–H groups in total. The van der Waals surface area contributed by atoms with Crippen LogP contribution in [0.5, 0.6) is 0 Å². The second kappa shape index (κ2) is 10.6. The average molecular weight is 501 g/mol. The van der Waals surface area contributed by atoms with Crippen LogP contribution < -0.4 is 16.4 Å². The molecule has 5 nitrogen and oxygen atoms in total. The molecule has 3 aromatic carbocycles. The first-order chi connectivity index (χ1) is 17.8. The molecule has 2 aliphatic heterocycles. The molecule has 1 amide bonds. The molecular weight excluding hydrogens is 463 g/mol. The first-order valence-corrected chi connectivity index (χ1v) is 13.3. The highest BCUT2D eigenvalue weighted by Crippen LogP contribution is 2.32. The van der Waals surface area contributed by atoms with Crippen LogP contribution in [0.25, 0.3) is 0 Å². The zero-order chi connectivity index (χ0) is 26.1. The van der Waals surface area contributed by atoms with Gasteiger partial charge in [-0.1, -0.05) is 35.9 Å². The maximum Gasteiger partial charge on any atom is 0.237 e. The van der Waals surface area contributed by atoms with Crippen molar-refractivity contribution in [1.29, 1.82) is 0 Å². The van der Waals surface area contributed by atoms with E-state index in [0.717, 1.165) is 61.4 Å². The zero-order valence-electron chi connectivity index (χ0n) is 22.0. The molecule has 0 aromatic heterocycles. The van der Waals surface area contributed by atoms with E-state index in [9.17, 15) is 9.18 Å². The lowest BCUT2D eigenvalue weighted by molar-refractivity contribution is -0.123. The summed E-state index contributed by atoms with van der Waals surface area (Å²) in [6, 6.07) is 15.2. The molecule has 0 saturated carbocycles. The SMILES string of the molecule is Cc1cc(C)c(C[C@H](N)C(=O)N[C@@H]2CCNc3ccc(CN4CCc5ccc(F)cc5C4)cc32)c(C)c1. The predicted molar refractivity (Wildman–Crippen MR) is 147 cm³/mol. The van der Waals surface area contributed by atoms with Crippen molar-refractivity contribution in [2.75, 3.05) is 18.4 Å². The molecule has 37 heavy (non-hydrogen) atoms. The molecule has 0 aliphatic carbocycles. The minimum atomic E-state index is -0.601. The molecule has 2 heterocycles. The van der Waals surface area contributed by atoms with Crippen molar-refractivity contribution < 1.29 is 9.18 Å². The Labute approximate surface area is 219 Å². The number of hydrogen-bond donors (Lipinski definition) is 3. The number of halogens is 1. The number of rotatable bonds is 6. The largest absolute Gasteiger partial charge is 0.385 e. The molecule has 0 saturated heterocycles. The fraction of sp³-hybridized carbons (Fsp3) is 0.387. The van der Waals surface area contributed by atoms with Crippen molar-refractivity contribution in [2.24, 2.45) is 5.73 Å². The fourth-order valence-electron chi connectivity index (χ4n) is 5.92. The second-order valence-corrected chi connectivity index (χ2v) is 10.8. The van der Waals surface area contributed by atoms with E-state index in [4.69, 9.17) is 5.73 Å². The lowest BCUT2D eigenvalue weighted by Crippen LogP contribution is -2.44. The monoisotopic (exact) mass is 500 g/mol. The van der Waals surface area contributed by atoms with Gasteiger partial charge in [0.1, 0.15) is 5.82 Å². The van der Waals surface area contributed by atoms with Crippen LogP contribution in [0.1, 0.15) is 57.0 Å². The number of amides is 1. The quantitative estimate of drug-likeness (QED) is 0.453. The van der Waals surface area contributed by atoms with E-state index in [1.54, 1.807) is 12.1 Å². The lowest BCUT2D eigenvalue weighted by atomic mass is 9.93. The Bertz CT molecular complexity index is 1300. The summed E-state index contributed by atoms with van der Waals surface area (Å²) in [6.45, 7) is 9.54. The van der Waals surface area contributed by atoms with Gasteiger partial charge in [-0.05, 0) is 97.2 Å². The number of carbonyl (C=O) groups is 1. The molecule has 2 atom stereocenters. The summed E-state index contributed by atoms with van der Waals surface area (Å²) in [4.78, 5) is 15.5. The van der Waals surface area contributed by atoms with Crippen LogP contribution in [0.2, 0.25) is 0 Å². The lowest BCUT2D eigenvalue weighted by Gasteiger charge is -2.31. The Balaban J connectivity index is 1.27. The van der Waals surface area contributed by atoms with Crippen LogP contribution in [-0.4, -0.2) is 29.9 Å². The Morgan fingerprint density at radius 1 is 1.11 bits per heavy atom. The van der Waals surface area contributed by atoms with Crippen molar-refractivity contribution >= 4 is 11.6 Å². The Morgan fingerprint density at radius 2 is 1.89 bits per heavy atom. The first kappa shape index (κ1) is 25.4. The summed E-state index contributed by atoms with van der Waals surface area (Å²) >= 11 is 0. The maximum atomic E-state index is 13.7. The third-order valence-corrected chi connectivity index (χ3v) is 7.82. The number of hydrogen-bond acceptors (Lipinski definition) is 4. The third-order valence-electron chi connectivity index (χ3n) is 7.82. The van der Waals surface area contributed by atoms with Gasteiger partial charge in [-0.15, -0.1) is 0 Å². The summed E-state index contributed by atoms with van der Waals surface area (Å²) in [5.41, 5.74) is 16.8. The van der Waals surface area contributed by atoms with Gasteiger partial charge in [0.25, 0.3) is 0 Å². The average Bonchev–Trinajstić information content (AvgIpc) is 2.86. The van der Waals surface area contributed by atoms with E-state index in [1.165, 1.54) is 27.8 Å². The highest BCUT2D eigenvalue weighted by atomic mass is 19.1. The first-order valence-electron chi connectivity index (χ1n) is 13.3. The minimum absolute atomic E-state index is 0.0776. The number of nitrogens with two attached hydrogens (primary N) is 1. The summed E-state index contributed by atoms with van der Waals surface area (Å²) < 4.78 is 13.7. The molecule has 0 spiro atoms. The van der Waals surface area contributed by atoms with Crippen molar-refractivity contribution in [1.82, 2.24) is 10.2 Å². The van der Waals surface area contributed by atoms with Crippen LogP contribution in [0, 0.1) is 26.6 Å². The van der Waals surface area contributed by atoms with Crippen LogP contribution in [0.4, 0.5) is 10.1 Å². The Hall–Kier alpha value is -3.22. The summed E-state index contributed by atoms with van der Waals surface area (Å²) in [5, 5.41) is 6.70. The molecule has 5 rings (SSSR count). The Kier molecular flexibility index (Phi) is 7.31. The van der Waals surface area contributed by atoms with Crippen molar-refractivity contribution in [2.45, 2.75) is 65.2 Å². The van der Waals surface area contributed by atoms with Gasteiger partial charge in [0.2, 0.25) is 5.91 Å². The van der Waals surface area contributed by atoms with Gasteiger partial charge in [0.05, 0.1) is 12.1 Å². The zero-order valence-corrected chi connectivity index (χ0v) is 22.0. The third kappa shape index (κ3) is 5.71. The number of fused-ring (bicyclic) bond motifs is 2. The summed E-state index contributed by atoms with van der Waals surface area (Å²) in [6.07, 6.45) is 2.27. The molecule has 2 aliphatic rings. The van der Waals surface area contributed by atoms with E-state index in [2.05, 4.69) is 66.6 Å². The van der Waals surface area contributed by atoms with Crippen molar-refractivity contribution in [3.63, 3.8) is 0 Å².